The average Bonchev–Trinajstić information content (AvgIpc) is 2.45. The lowest BCUT2D eigenvalue weighted by atomic mass is 10.2. The van der Waals surface area contributed by atoms with Crippen LogP contribution in [0.4, 0.5) is 0 Å². The standard InChI is InChI=1S/C7H8N4O/c1-9-7(12)5-4-10-11(2)6(5)3-8/h4H,1-2H3,(H,9,12). The number of aromatic nitrogens is 2. The molecule has 0 aromatic carbocycles. The fourth-order valence-electron chi connectivity index (χ4n) is 0.871. The second-order valence-electron chi connectivity index (χ2n) is 2.22. The minimum Gasteiger partial charge on any atom is -0.355 e. The van der Waals surface area contributed by atoms with Crippen molar-refractivity contribution in [3.05, 3.63) is 17.5 Å². The van der Waals surface area contributed by atoms with E-state index < -0.39 is 0 Å². The Bertz CT molecular complexity index is 347. The van der Waals surface area contributed by atoms with Gasteiger partial charge in [0.15, 0.2) is 5.69 Å². The molecule has 0 aliphatic carbocycles. The molecule has 0 spiro atoms. The fourth-order valence-corrected chi connectivity index (χ4v) is 0.871. The summed E-state index contributed by atoms with van der Waals surface area (Å²) in [5, 5.41) is 14.9. The summed E-state index contributed by atoms with van der Waals surface area (Å²) in [5.74, 6) is -0.292. The van der Waals surface area contributed by atoms with Crippen LogP contribution in [0, 0.1) is 11.3 Å². The van der Waals surface area contributed by atoms with E-state index in [4.69, 9.17) is 5.26 Å². The highest BCUT2D eigenvalue weighted by molar-refractivity contribution is 5.95. The number of nitriles is 1. The number of rotatable bonds is 1. The third-order valence-electron chi connectivity index (χ3n) is 1.52. The maximum atomic E-state index is 11.1. The van der Waals surface area contributed by atoms with Crippen molar-refractivity contribution >= 4 is 5.91 Å². The molecule has 0 bridgehead atoms. The van der Waals surface area contributed by atoms with Crippen LogP contribution in [0.3, 0.4) is 0 Å². The second kappa shape index (κ2) is 3.05. The van der Waals surface area contributed by atoms with Crippen LogP contribution in [0.2, 0.25) is 0 Å². The zero-order valence-electron chi connectivity index (χ0n) is 6.83. The number of hydrogen-bond donors (Lipinski definition) is 1. The van der Waals surface area contributed by atoms with Gasteiger partial charge in [-0.05, 0) is 0 Å². The van der Waals surface area contributed by atoms with E-state index in [-0.39, 0.29) is 11.6 Å². The van der Waals surface area contributed by atoms with Crippen molar-refractivity contribution < 1.29 is 4.79 Å². The van der Waals surface area contributed by atoms with Crippen LogP contribution in [-0.4, -0.2) is 22.7 Å². The lowest BCUT2D eigenvalue weighted by molar-refractivity contribution is 0.0963. The van der Waals surface area contributed by atoms with Crippen molar-refractivity contribution in [2.75, 3.05) is 7.05 Å². The number of carbonyl (C=O) groups is 1. The molecule has 62 valence electrons. The van der Waals surface area contributed by atoms with Crippen molar-refractivity contribution in [2.24, 2.45) is 7.05 Å². The summed E-state index contributed by atoms with van der Waals surface area (Å²) in [5.41, 5.74) is 0.580. The molecule has 5 heteroatoms. The molecule has 1 N–H and O–H groups in total. The predicted octanol–water partition coefficient (Wildman–Crippen LogP) is -0.349. The SMILES string of the molecule is CNC(=O)c1cnn(C)c1C#N. The minimum atomic E-state index is -0.292. The van der Waals surface area contributed by atoms with Gasteiger partial charge in [-0.1, -0.05) is 0 Å². The zero-order chi connectivity index (χ0) is 9.14. The molecule has 1 aromatic heterocycles. The lowest BCUT2D eigenvalue weighted by Gasteiger charge is -1.95. The second-order valence-corrected chi connectivity index (χ2v) is 2.22. The van der Waals surface area contributed by atoms with Gasteiger partial charge in [0.05, 0.1) is 11.8 Å². The summed E-state index contributed by atoms with van der Waals surface area (Å²) in [6.45, 7) is 0. The molecule has 0 unspecified atom stereocenters. The van der Waals surface area contributed by atoms with Crippen LogP contribution in [0.15, 0.2) is 6.20 Å². The third-order valence-corrected chi connectivity index (χ3v) is 1.52. The van der Waals surface area contributed by atoms with Crippen LogP contribution in [0.1, 0.15) is 16.1 Å². The van der Waals surface area contributed by atoms with Crippen LogP contribution < -0.4 is 5.32 Å². The summed E-state index contributed by atoms with van der Waals surface area (Å²) in [7, 11) is 3.13. The highest BCUT2D eigenvalue weighted by Gasteiger charge is 2.13. The van der Waals surface area contributed by atoms with E-state index in [2.05, 4.69) is 10.4 Å². The van der Waals surface area contributed by atoms with E-state index in [1.165, 1.54) is 17.9 Å². The van der Waals surface area contributed by atoms with Crippen LogP contribution in [-0.2, 0) is 7.05 Å². The molecular formula is C7H8N4O. The number of nitrogens with zero attached hydrogens (tertiary/aromatic N) is 3. The first-order chi connectivity index (χ1) is 5.70. The van der Waals surface area contributed by atoms with Crippen LogP contribution >= 0.6 is 0 Å². The molecule has 5 nitrogen and oxygen atoms in total. The number of nitrogens with one attached hydrogen (secondary N) is 1. The van der Waals surface area contributed by atoms with E-state index >= 15 is 0 Å². The maximum absolute atomic E-state index is 11.1. The largest absolute Gasteiger partial charge is 0.355 e. The Morgan fingerprint density at radius 2 is 2.50 bits per heavy atom. The Morgan fingerprint density at radius 1 is 1.83 bits per heavy atom. The van der Waals surface area contributed by atoms with Gasteiger partial charge in [0, 0.05) is 14.1 Å². The molecule has 0 atom stereocenters. The van der Waals surface area contributed by atoms with Crippen molar-refractivity contribution in [2.45, 2.75) is 0 Å². The van der Waals surface area contributed by atoms with Crippen molar-refractivity contribution in [3.8, 4) is 6.07 Å². The maximum Gasteiger partial charge on any atom is 0.255 e. The highest BCUT2D eigenvalue weighted by atomic mass is 16.1. The first kappa shape index (κ1) is 8.27. The fraction of sp³-hybridized carbons (Fsp3) is 0.286. The van der Waals surface area contributed by atoms with Gasteiger partial charge in [0.2, 0.25) is 0 Å². The molecule has 1 rings (SSSR count). The summed E-state index contributed by atoms with van der Waals surface area (Å²) >= 11 is 0. The Kier molecular flexibility index (Phi) is 2.10. The van der Waals surface area contributed by atoms with Crippen LogP contribution in [0.25, 0.3) is 0 Å². The minimum absolute atomic E-state index is 0.273. The molecule has 0 saturated heterocycles. The van der Waals surface area contributed by atoms with Gasteiger partial charge >= 0.3 is 0 Å². The number of amides is 1. The Balaban J connectivity index is 3.18. The number of carbonyl (C=O) groups excluding carboxylic acids is 1. The lowest BCUT2D eigenvalue weighted by Crippen LogP contribution is -2.18. The molecule has 0 saturated carbocycles. The van der Waals surface area contributed by atoms with Gasteiger partial charge < -0.3 is 5.32 Å². The molecule has 0 fully saturated rings. The summed E-state index contributed by atoms with van der Waals surface area (Å²) < 4.78 is 1.37. The highest BCUT2D eigenvalue weighted by Crippen LogP contribution is 2.04. The van der Waals surface area contributed by atoms with Gasteiger partial charge in [0.25, 0.3) is 5.91 Å². The van der Waals surface area contributed by atoms with E-state index in [0.717, 1.165) is 0 Å². The van der Waals surface area contributed by atoms with Gasteiger partial charge in [-0.25, -0.2) is 0 Å². The van der Waals surface area contributed by atoms with E-state index in [1.54, 1.807) is 7.05 Å². The monoisotopic (exact) mass is 164 g/mol. The number of hydrogen-bond acceptors (Lipinski definition) is 3. The Labute approximate surface area is 69.6 Å². The molecule has 1 amide bonds. The molecular weight excluding hydrogens is 156 g/mol. The van der Waals surface area contributed by atoms with Gasteiger partial charge in [-0.15, -0.1) is 0 Å². The van der Waals surface area contributed by atoms with E-state index in [0.29, 0.717) is 5.56 Å². The van der Waals surface area contributed by atoms with Crippen molar-refractivity contribution in [1.82, 2.24) is 15.1 Å². The first-order valence-electron chi connectivity index (χ1n) is 3.35. The predicted molar refractivity (Wildman–Crippen MR) is 41.3 cm³/mol. The number of aryl methyl sites for hydroxylation is 1. The van der Waals surface area contributed by atoms with E-state index in [9.17, 15) is 4.79 Å². The van der Waals surface area contributed by atoms with Gasteiger partial charge in [0.1, 0.15) is 6.07 Å². The zero-order valence-corrected chi connectivity index (χ0v) is 6.83. The van der Waals surface area contributed by atoms with Gasteiger partial charge in [-0.3, -0.25) is 9.48 Å². The molecule has 0 aliphatic rings. The Hall–Kier alpha value is -1.83. The molecule has 0 radical (unpaired) electrons. The summed E-state index contributed by atoms with van der Waals surface area (Å²) in [4.78, 5) is 11.1. The molecule has 1 heterocycles. The topological polar surface area (TPSA) is 70.7 Å². The van der Waals surface area contributed by atoms with Crippen molar-refractivity contribution in [3.63, 3.8) is 0 Å². The first-order valence-corrected chi connectivity index (χ1v) is 3.35. The normalized spacial score (nSPS) is 9.08. The van der Waals surface area contributed by atoms with Crippen molar-refractivity contribution in [1.29, 1.82) is 5.26 Å². The average molecular weight is 164 g/mol. The van der Waals surface area contributed by atoms with Crippen LogP contribution in [0.5, 0.6) is 0 Å². The summed E-state index contributed by atoms with van der Waals surface area (Å²) in [6.07, 6.45) is 1.37. The Morgan fingerprint density at radius 3 is 3.00 bits per heavy atom. The summed E-state index contributed by atoms with van der Waals surface area (Å²) in [6, 6.07) is 1.90. The smallest absolute Gasteiger partial charge is 0.255 e. The van der Waals surface area contributed by atoms with Gasteiger partial charge in [-0.2, -0.15) is 10.4 Å². The molecule has 12 heavy (non-hydrogen) atoms. The molecule has 1 aromatic rings. The third kappa shape index (κ3) is 1.14. The quantitative estimate of drug-likeness (QED) is 0.616. The molecule has 0 aliphatic heterocycles. The van der Waals surface area contributed by atoms with E-state index in [1.807, 2.05) is 6.07 Å².